The molecule has 1 fully saturated rings. The molecule has 1 unspecified atom stereocenters. The lowest BCUT2D eigenvalue weighted by molar-refractivity contribution is -0.121. The van der Waals surface area contributed by atoms with Gasteiger partial charge in [0.1, 0.15) is 0 Å². The number of aliphatic imine (C=N–C) groups is 1. The third-order valence-corrected chi connectivity index (χ3v) is 3.99. The third kappa shape index (κ3) is 9.48. The minimum absolute atomic E-state index is 0. The van der Waals surface area contributed by atoms with Crippen molar-refractivity contribution in [1.82, 2.24) is 16.0 Å². The van der Waals surface area contributed by atoms with Crippen molar-refractivity contribution in [2.24, 2.45) is 10.9 Å². The lowest BCUT2D eigenvalue weighted by Crippen LogP contribution is -2.42. The van der Waals surface area contributed by atoms with Crippen molar-refractivity contribution in [1.29, 1.82) is 0 Å². The van der Waals surface area contributed by atoms with E-state index in [2.05, 4.69) is 41.7 Å². The van der Waals surface area contributed by atoms with Crippen molar-refractivity contribution in [3.8, 4) is 0 Å². The summed E-state index contributed by atoms with van der Waals surface area (Å²) in [6, 6.07) is 0.403. The van der Waals surface area contributed by atoms with Gasteiger partial charge >= 0.3 is 0 Å². The summed E-state index contributed by atoms with van der Waals surface area (Å²) in [5.41, 5.74) is 0. The first-order chi connectivity index (χ1) is 10.2. The largest absolute Gasteiger partial charge is 0.357 e. The van der Waals surface area contributed by atoms with Crippen molar-refractivity contribution >= 4 is 35.8 Å². The quantitative estimate of drug-likeness (QED) is 0.243. The van der Waals surface area contributed by atoms with Crippen molar-refractivity contribution < 1.29 is 4.79 Å². The fourth-order valence-electron chi connectivity index (χ4n) is 2.57. The van der Waals surface area contributed by atoms with Gasteiger partial charge in [-0.1, -0.05) is 19.8 Å². The van der Waals surface area contributed by atoms with Gasteiger partial charge in [0, 0.05) is 25.6 Å². The molecule has 0 spiro atoms. The Balaban J connectivity index is 0.00000441. The highest BCUT2D eigenvalue weighted by atomic mass is 127. The lowest BCUT2D eigenvalue weighted by atomic mass is 10.0. The zero-order valence-electron chi connectivity index (χ0n) is 14.3. The summed E-state index contributed by atoms with van der Waals surface area (Å²) in [6.45, 7) is 8.40. The first kappa shape index (κ1) is 21.5. The number of rotatable bonds is 8. The normalized spacial score (nSPS) is 16.8. The van der Waals surface area contributed by atoms with E-state index in [0.717, 1.165) is 18.9 Å². The summed E-state index contributed by atoms with van der Waals surface area (Å²) in [7, 11) is 0. The molecular formula is C16H33IN4O. The van der Waals surface area contributed by atoms with Gasteiger partial charge in [0.15, 0.2) is 5.96 Å². The van der Waals surface area contributed by atoms with E-state index in [-0.39, 0.29) is 29.9 Å². The number of carbonyl (C=O) groups excluding carboxylic acids is 1. The van der Waals surface area contributed by atoms with Crippen LogP contribution in [-0.2, 0) is 4.79 Å². The third-order valence-electron chi connectivity index (χ3n) is 3.99. The minimum atomic E-state index is 0. The smallest absolute Gasteiger partial charge is 0.220 e. The van der Waals surface area contributed by atoms with Crippen LogP contribution in [0.15, 0.2) is 4.99 Å². The number of carbonyl (C=O) groups is 1. The van der Waals surface area contributed by atoms with E-state index in [1.54, 1.807) is 0 Å². The number of hydrogen-bond donors (Lipinski definition) is 3. The lowest BCUT2D eigenvalue weighted by Gasteiger charge is -2.16. The Bertz CT molecular complexity index is 330. The zero-order chi connectivity index (χ0) is 15.5. The molecule has 1 aliphatic carbocycles. The van der Waals surface area contributed by atoms with Gasteiger partial charge < -0.3 is 16.0 Å². The van der Waals surface area contributed by atoms with Crippen molar-refractivity contribution in [3.63, 3.8) is 0 Å². The molecule has 3 N–H and O–H groups in total. The SMILES string of the molecule is CCNC(=NCCNC(=O)CC1CCCC1)NC(C)CC.I. The molecule has 0 aliphatic heterocycles. The van der Waals surface area contributed by atoms with E-state index >= 15 is 0 Å². The molecule has 1 rings (SSSR count). The molecule has 22 heavy (non-hydrogen) atoms. The first-order valence-electron chi connectivity index (χ1n) is 8.47. The fraction of sp³-hybridized carbons (Fsp3) is 0.875. The van der Waals surface area contributed by atoms with Gasteiger partial charge in [0.2, 0.25) is 5.91 Å². The second-order valence-corrected chi connectivity index (χ2v) is 5.92. The molecular weight excluding hydrogens is 391 g/mol. The topological polar surface area (TPSA) is 65.5 Å². The molecule has 130 valence electrons. The van der Waals surface area contributed by atoms with E-state index in [4.69, 9.17) is 0 Å². The molecule has 6 heteroatoms. The highest BCUT2D eigenvalue weighted by Gasteiger charge is 2.17. The van der Waals surface area contributed by atoms with Crippen molar-refractivity contribution in [2.45, 2.75) is 65.3 Å². The van der Waals surface area contributed by atoms with Gasteiger partial charge in [0.25, 0.3) is 0 Å². The summed E-state index contributed by atoms with van der Waals surface area (Å²) in [6.07, 6.45) is 6.76. The molecule has 0 radical (unpaired) electrons. The molecule has 0 saturated heterocycles. The van der Waals surface area contributed by atoms with Crippen LogP contribution in [0.1, 0.15) is 59.3 Å². The summed E-state index contributed by atoms with van der Waals surface area (Å²) in [5.74, 6) is 1.62. The van der Waals surface area contributed by atoms with Crippen molar-refractivity contribution in [3.05, 3.63) is 0 Å². The van der Waals surface area contributed by atoms with Crippen LogP contribution in [-0.4, -0.2) is 37.5 Å². The number of halogens is 1. The highest BCUT2D eigenvalue weighted by Crippen LogP contribution is 2.27. The second-order valence-electron chi connectivity index (χ2n) is 5.92. The Morgan fingerprint density at radius 2 is 1.91 bits per heavy atom. The summed E-state index contributed by atoms with van der Waals surface area (Å²) in [5, 5.41) is 9.53. The van der Waals surface area contributed by atoms with E-state index in [0.29, 0.717) is 31.5 Å². The Kier molecular flexibility index (Phi) is 12.6. The van der Waals surface area contributed by atoms with Crippen LogP contribution >= 0.6 is 24.0 Å². The van der Waals surface area contributed by atoms with E-state index in [1.807, 2.05) is 0 Å². The maximum atomic E-state index is 11.8. The summed E-state index contributed by atoms with van der Waals surface area (Å²) >= 11 is 0. The van der Waals surface area contributed by atoms with Crippen LogP contribution in [0.4, 0.5) is 0 Å². The Morgan fingerprint density at radius 3 is 2.50 bits per heavy atom. The fourth-order valence-corrected chi connectivity index (χ4v) is 2.57. The van der Waals surface area contributed by atoms with Gasteiger partial charge in [-0.25, -0.2) is 0 Å². The molecule has 0 aromatic carbocycles. The molecule has 1 atom stereocenters. The number of amides is 1. The van der Waals surface area contributed by atoms with Gasteiger partial charge in [-0.3, -0.25) is 9.79 Å². The maximum Gasteiger partial charge on any atom is 0.220 e. The number of nitrogens with zero attached hydrogens (tertiary/aromatic N) is 1. The Morgan fingerprint density at radius 1 is 1.23 bits per heavy atom. The number of nitrogens with one attached hydrogen (secondary N) is 3. The average Bonchev–Trinajstić information content (AvgIpc) is 2.96. The first-order valence-corrected chi connectivity index (χ1v) is 8.47. The van der Waals surface area contributed by atoms with Gasteiger partial charge in [0.05, 0.1) is 6.54 Å². The van der Waals surface area contributed by atoms with Gasteiger partial charge in [-0.2, -0.15) is 0 Å². The second kappa shape index (κ2) is 13.0. The average molecular weight is 424 g/mol. The molecule has 0 aromatic heterocycles. The zero-order valence-corrected chi connectivity index (χ0v) is 16.6. The molecule has 0 aromatic rings. The highest BCUT2D eigenvalue weighted by molar-refractivity contribution is 14.0. The van der Waals surface area contributed by atoms with Crippen LogP contribution in [0.25, 0.3) is 0 Å². The summed E-state index contributed by atoms with van der Waals surface area (Å²) < 4.78 is 0. The Labute approximate surface area is 152 Å². The predicted octanol–water partition coefficient (Wildman–Crippen LogP) is 2.65. The van der Waals surface area contributed by atoms with Crippen LogP contribution < -0.4 is 16.0 Å². The molecule has 5 nitrogen and oxygen atoms in total. The van der Waals surface area contributed by atoms with Gasteiger partial charge in [-0.15, -0.1) is 24.0 Å². The van der Waals surface area contributed by atoms with Crippen LogP contribution in [0.5, 0.6) is 0 Å². The Hall–Kier alpha value is -0.530. The number of guanidine groups is 1. The molecule has 1 saturated carbocycles. The van der Waals surface area contributed by atoms with Crippen molar-refractivity contribution in [2.75, 3.05) is 19.6 Å². The standard InChI is InChI=1S/C16H32N4O.HI/c1-4-13(3)20-16(17-5-2)19-11-10-18-15(21)12-14-8-6-7-9-14;/h13-14H,4-12H2,1-3H3,(H,18,21)(H2,17,19,20);1H. The van der Waals surface area contributed by atoms with Crippen LogP contribution in [0, 0.1) is 5.92 Å². The number of hydrogen-bond acceptors (Lipinski definition) is 2. The maximum absolute atomic E-state index is 11.8. The molecule has 1 amide bonds. The van der Waals surface area contributed by atoms with E-state index in [9.17, 15) is 4.79 Å². The molecule has 1 aliphatic rings. The van der Waals surface area contributed by atoms with E-state index in [1.165, 1.54) is 25.7 Å². The minimum Gasteiger partial charge on any atom is -0.357 e. The molecule has 0 bridgehead atoms. The predicted molar refractivity (Wildman–Crippen MR) is 104 cm³/mol. The molecule has 0 heterocycles. The van der Waals surface area contributed by atoms with Crippen LogP contribution in [0.2, 0.25) is 0 Å². The monoisotopic (exact) mass is 424 g/mol. The van der Waals surface area contributed by atoms with Gasteiger partial charge in [-0.05, 0) is 39.0 Å². The van der Waals surface area contributed by atoms with E-state index < -0.39 is 0 Å². The summed E-state index contributed by atoms with van der Waals surface area (Å²) in [4.78, 5) is 16.3. The van der Waals surface area contributed by atoms with Crippen LogP contribution in [0.3, 0.4) is 0 Å².